The van der Waals surface area contributed by atoms with Crippen molar-refractivity contribution in [2.45, 2.75) is 12.8 Å². The Morgan fingerprint density at radius 2 is 1.68 bits per heavy atom. The first-order valence-corrected chi connectivity index (χ1v) is 7.80. The molecular formula is C17H17Cl2NO2. The lowest BCUT2D eigenvalue weighted by Crippen LogP contribution is -2.27. The number of benzene rings is 2. The summed E-state index contributed by atoms with van der Waals surface area (Å²) in [5, 5.41) is 3.85. The SMILES string of the molecule is O=C(Cc1c(Cl)cccc1Cl)NCCCOc1ccccc1. The minimum absolute atomic E-state index is 0.102. The first-order valence-electron chi connectivity index (χ1n) is 7.04. The van der Waals surface area contributed by atoms with Crippen LogP contribution in [0.5, 0.6) is 5.75 Å². The molecule has 0 aromatic heterocycles. The minimum Gasteiger partial charge on any atom is -0.494 e. The fourth-order valence-corrected chi connectivity index (χ4v) is 2.46. The number of halogens is 2. The Balaban J connectivity index is 1.68. The largest absolute Gasteiger partial charge is 0.494 e. The van der Waals surface area contributed by atoms with Crippen LogP contribution in [-0.2, 0) is 11.2 Å². The van der Waals surface area contributed by atoms with Crippen LogP contribution in [0.2, 0.25) is 10.0 Å². The van der Waals surface area contributed by atoms with E-state index in [1.165, 1.54) is 0 Å². The number of nitrogens with one attached hydrogen (secondary N) is 1. The Bertz CT molecular complexity index is 597. The van der Waals surface area contributed by atoms with Gasteiger partial charge in [0, 0.05) is 16.6 Å². The molecule has 2 aromatic carbocycles. The molecule has 0 aliphatic carbocycles. The van der Waals surface area contributed by atoms with Crippen molar-refractivity contribution < 1.29 is 9.53 Å². The molecule has 2 aromatic rings. The van der Waals surface area contributed by atoms with Crippen LogP contribution in [0.25, 0.3) is 0 Å². The van der Waals surface area contributed by atoms with Crippen molar-refractivity contribution in [3.05, 3.63) is 64.1 Å². The zero-order valence-corrected chi connectivity index (χ0v) is 13.5. The molecule has 0 fully saturated rings. The summed E-state index contributed by atoms with van der Waals surface area (Å²) in [5.41, 5.74) is 0.656. The molecule has 3 nitrogen and oxygen atoms in total. The van der Waals surface area contributed by atoms with Gasteiger partial charge in [0.25, 0.3) is 0 Å². The van der Waals surface area contributed by atoms with E-state index in [2.05, 4.69) is 5.32 Å². The Kier molecular flexibility index (Phi) is 6.56. The van der Waals surface area contributed by atoms with Crippen LogP contribution >= 0.6 is 23.2 Å². The van der Waals surface area contributed by atoms with Crippen LogP contribution < -0.4 is 10.1 Å². The van der Waals surface area contributed by atoms with Crippen molar-refractivity contribution in [2.75, 3.05) is 13.2 Å². The highest BCUT2D eigenvalue weighted by atomic mass is 35.5. The molecule has 0 aliphatic heterocycles. The van der Waals surface area contributed by atoms with E-state index in [0.717, 1.165) is 12.2 Å². The zero-order chi connectivity index (χ0) is 15.8. The van der Waals surface area contributed by atoms with E-state index in [0.29, 0.717) is 28.8 Å². The van der Waals surface area contributed by atoms with E-state index >= 15 is 0 Å². The van der Waals surface area contributed by atoms with Crippen molar-refractivity contribution in [2.24, 2.45) is 0 Å². The lowest BCUT2D eigenvalue weighted by Gasteiger charge is -2.09. The van der Waals surface area contributed by atoms with Gasteiger partial charge in [-0.25, -0.2) is 0 Å². The van der Waals surface area contributed by atoms with E-state index in [9.17, 15) is 4.79 Å². The number of carbonyl (C=O) groups is 1. The van der Waals surface area contributed by atoms with Crippen molar-refractivity contribution >= 4 is 29.1 Å². The highest BCUT2D eigenvalue weighted by Gasteiger charge is 2.10. The van der Waals surface area contributed by atoms with Gasteiger partial charge < -0.3 is 10.1 Å². The van der Waals surface area contributed by atoms with Crippen LogP contribution in [0.4, 0.5) is 0 Å². The van der Waals surface area contributed by atoms with Gasteiger partial charge in [0.15, 0.2) is 0 Å². The maximum absolute atomic E-state index is 11.9. The predicted octanol–water partition coefficient (Wildman–Crippen LogP) is 4.12. The van der Waals surface area contributed by atoms with E-state index in [1.54, 1.807) is 18.2 Å². The number of amides is 1. The molecule has 0 aliphatic rings. The summed E-state index contributed by atoms with van der Waals surface area (Å²) in [6.07, 6.45) is 0.912. The third kappa shape index (κ3) is 5.24. The smallest absolute Gasteiger partial charge is 0.224 e. The van der Waals surface area contributed by atoms with Crippen LogP contribution in [0, 0.1) is 0 Å². The quantitative estimate of drug-likeness (QED) is 0.771. The molecule has 0 spiro atoms. The van der Waals surface area contributed by atoms with Gasteiger partial charge in [0.1, 0.15) is 5.75 Å². The second-order valence-corrected chi connectivity index (χ2v) is 5.56. The molecule has 0 radical (unpaired) electrons. The molecule has 1 N–H and O–H groups in total. The molecule has 0 unspecified atom stereocenters. The standard InChI is InChI=1S/C17H17Cl2NO2/c18-15-8-4-9-16(19)14(15)12-17(21)20-10-5-11-22-13-6-2-1-3-7-13/h1-4,6-9H,5,10-12H2,(H,20,21). The number of ether oxygens (including phenoxy) is 1. The lowest BCUT2D eigenvalue weighted by atomic mass is 10.1. The van der Waals surface area contributed by atoms with Gasteiger partial charge in [0.2, 0.25) is 5.91 Å². The number of hydrogen-bond acceptors (Lipinski definition) is 2. The van der Waals surface area contributed by atoms with Gasteiger partial charge in [-0.2, -0.15) is 0 Å². The van der Waals surface area contributed by atoms with E-state index in [4.69, 9.17) is 27.9 Å². The molecule has 0 saturated heterocycles. The summed E-state index contributed by atoms with van der Waals surface area (Å²) in [6.45, 7) is 1.10. The van der Waals surface area contributed by atoms with Gasteiger partial charge >= 0.3 is 0 Å². The van der Waals surface area contributed by atoms with Crippen molar-refractivity contribution in [1.29, 1.82) is 0 Å². The van der Waals surface area contributed by atoms with Gasteiger partial charge in [-0.1, -0.05) is 47.5 Å². The van der Waals surface area contributed by atoms with E-state index in [1.807, 2.05) is 30.3 Å². The summed E-state index contributed by atoms with van der Waals surface area (Å²) in [4.78, 5) is 11.9. The summed E-state index contributed by atoms with van der Waals surface area (Å²) in [7, 11) is 0. The second kappa shape index (κ2) is 8.66. The van der Waals surface area contributed by atoms with E-state index < -0.39 is 0 Å². The molecule has 2 rings (SSSR count). The zero-order valence-electron chi connectivity index (χ0n) is 12.0. The molecule has 0 saturated carbocycles. The molecule has 22 heavy (non-hydrogen) atoms. The third-order valence-electron chi connectivity index (χ3n) is 3.05. The first-order chi connectivity index (χ1) is 10.7. The van der Waals surface area contributed by atoms with E-state index in [-0.39, 0.29) is 12.3 Å². The topological polar surface area (TPSA) is 38.3 Å². The minimum atomic E-state index is -0.102. The second-order valence-electron chi connectivity index (χ2n) is 4.74. The Morgan fingerprint density at radius 3 is 2.36 bits per heavy atom. The fraction of sp³-hybridized carbons (Fsp3) is 0.235. The summed E-state index contributed by atoms with van der Waals surface area (Å²) in [5.74, 6) is 0.728. The van der Waals surface area contributed by atoms with Crippen LogP contribution in [-0.4, -0.2) is 19.1 Å². The van der Waals surface area contributed by atoms with Crippen molar-refractivity contribution in [3.63, 3.8) is 0 Å². The number of hydrogen-bond donors (Lipinski definition) is 1. The average molecular weight is 338 g/mol. The Hall–Kier alpha value is -1.71. The molecule has 0 atom stereocenters. The molecule has 0 bridgehead atoms. The summed E-state index contributed by atoms with van der Waals surface area (Å²) in [6, 6.07) is 14.8. The molecule has 5 heteroatoms. The monoisotopic (exact) mass is 337 g/mol. The molecule has 116 valence electrons. The van der Waals surface area contributed by atoms with Crippen LogP contribution in [0.15, 0.2) is 48.5 Å². The molecular weight excluding hydrogens is 321 g/mol. The van der Waals surface area contributed by atoms with Crippen LogP contribution in [0.3, 0.4) is 0 Å². The average Bonchev–Trinajstić information content (AvgIpc) is 2.52. The summed E-state index contributed by atoms with van der Waals surface area (Å²) < 4.78 is 5.55. The fourth-order valence-electron chi connectivity index (χ4n) is 1.93. The van der Waals surface area contributed by atoms with Gasteiger partial charge in [-0.15, -0.1) is 0 Å². The normalized spacial score (nSPS) is 10.3. The maximum atomic E-state index is 11.9. The van der Waals surface area contributed by atoms with Crippen molar-refractivity contribution in [3.8, 4) is 5.75 Å². The Labute approximate surface area is 140 Å². The van der Waals surface area contributed by atoms with Gasteiger partial charge in [0.05, 0.1) is 13.0 Å². The lowest BCUT2D eigenvalue weighted by molar-refractivity contribution is -0.120. The van der Waals surface area contributed by atoms with Crippen molar-refractivity contribution in [1.82, 2.24) is 5.32 Å². The first kappa shape index (κ1) is 16.7. The van der Waals surface area contributed by atoms with Gasteiger partial charge in [-0.3, -0.25) is 4.79 Å². The Morgan fingerprint density at radius 1 is 1.00 bits per heavy atom. The highest BCUT2D eigenvalue weighted by molar-refractivity contribution is 6.36. The molecule has 1 amide bonds. The third-order valence-corrected chi connectivity index (χ3v) is 3.76. The number of carbonyl (C=O) groups excluding carboxylic acids is 1. The van der Waals surface area contributed by atoms with Crippen LogP contribution in [0.1, 0.15) is 12.0 Å². The van der Waals surface area contributed by atoms with Gasteiger partial charge in [-0.05, 0) is 36.2 Å². The summed E-state index contributed by atoms with van der Waals surface area (Å²) >= 11 is 12.1. The highest BCUT2D eigenvalue weighted by Crippen LogP contribution is 2.24. The maximum Gasteiger partial charge on any atom is 0.224 e. The number of para-hydroxylation sites is 1. The molecule has 0 heterocycles. The number of rotatable bonds is 7. The predicted molar refractivity (Wildman–Crippen MR) is 89.7 cm³/mol.